The zero-order chi connectivity index (χ0) is 16.9. The van der Waals surface area contributed by atoms with Gasteiger partial charge in [-0.15, -0.1) is 10.2 Å². The van der Waals surface area contributed by atoms with Crippen molar-refractivity contribution in [1.29, 1.82) is 0 Å². The van der Waals surface area contributed by atoms with E-state index in [-0.39, 0.29) is 0 Å². The van der Waals surface area contributed by atoms with Crippen LogP contribution in [0.4, 0.5) is 0 Å². The van der Waals surface area contributed by atoms with Crippen LogP contribution < -0.4 is 10.6 Å². The maximum Gasteiger partial charge on any atom is 0.191 e. The average Bonchev–Trinajstić information content (AvgIpc) is 3.01. The molecule has 2 N–H and O–H groups in total. The van der Waals surface area contributed by atoms with Crippen LogP contribution in [0.2, 0.25) is 0 Å². The topological polar surface area (TPSA) is 70.4 Å². The molecule has 0 spiro atoms. The molecule has 7 heteroatoms. The first-order valence-electron chi connectivity index (χ1n) is 8.86. The summed E-state index contributed by atoms with van der Waals surface area (Å²) in [4.78, 5) is 7.09. The molecule has 7 nitrogen and oxygen atoms in total. The number of nitrogens with zero attached hydrogens (tertiary/aromatic N) is 5. The van der Waals surface area contributed by atoms with Gasteiger partial charge >= 0.3 is 0 Å². The van der Waals surface area contributed by atoms with Gasteiger partial charge in [-0.2, -0.15) is 0 Å². The van der Waals surface area contributed by atoms with Gasteiger partial charge in [0, 0.05) is 32.6 Å². The van der Waals surface area contributed by atoms with Crippen LogP contribution in [0.3, 0.4) is 0 Å². The highest BCUT2D eigenvalue weighted by Crippen LogP contribution is 1.95. The van der Waals surface area contributed by atoms with Crippen LogP contribution in [0.1, 0.15) is 39.9 Å². The van der Waals surface area contributed by atoms with Crippen molar-refractivity contribution in [2.45, 2.75) is 47.1 Å². The summed E-state index contributed by atoms with van der Waals surface area (Å²) in [6.45, 7) is 15.2. The van der Waals surface area contributed by atoms with Crippen LogP contribution >= 0.6 is 0 Å². The Morgan fingerprint density at radius 1 is 1.22 bits per heavy atom. The normalized spacial score (nSPS) is 12.0. The quantitative estimate of drug-likeness (QED) is 0.472. The summed E-state index contributed by atoms with van der Waals surface area (Å²) >= 11 is 0. The monoisotopic (exact) mass is 323 g/mol. The van der Waals surface area contributed by atoms with Crippen LogP contribution in [-0.2, 0) is 13.0 Å². The third kappa shape index (κ3) is 7.45. The SMILES string of the molecule is CCCN(CC)CCN=C(NCC)NCCn1cnnc1CC. The fourth-order valence-corrected chi connectivity index (χ4v) is 2.42. The molecule has 1 aromatic heterocycles. The lowest BCUT2D eigenvalue weighted by Gasteiger charge is -2.18. The lowest BCUT2D eigenvalue weighted by Crippen LogP contribution is -2.39. The Labute approximate surface area is 140 Å². The van der Waals surface area contributed by atoms with Crippen LogP contribution in [-0.4, -0.2) is 64.9 Å². The molecule has 23 heavy (non-hydrogen) atoms. The third-order valence-electron chi connectivity index (χ3n) is 3.67. The Morgan fingerprint density at radius 3 is 2.70 bits per heavy atom. The van der Waals surface area contributed by atoms with E-state index in [9.17, 15) is 0 Å². The van der Waals surface area contributed by atoms with Crippen molar-refractivity contribution in [3.63, 3.8) is 0 Å². The molecule has 0 aliphatic rings. The molecular weight excluding hydrogens is 290 g/mol. The molecule has 0 bridgehead atoms. The molecule has 1 rings (SSSR count). The van der Waals surface area contributed by atoms with E-state index in [1.807, 2.05) is 0 Å². The Hall–Kier alpha value is -1.63. The van der Waals surface area contributed by atoms with Crippen molar-refractivity contribution >= 4 is 5.96 Å². The second kappa shape index (κ2) is 11.9. The summed E-state index contributed by atoms with van der Waals surface area (Å²) in [7, 11) is 0. The molecule has 132 valence electrons. The fourth-order valence-electron chi connectivity index (χ4n) is 2.42. The molecular formula is C16H33N7. The van der Waals surface area contributed by atoms with Crippen LogP contribution in [0.25, 0.3) is 0 Å². The van der Waals surface area contributed by atoms with Gasteiger partial charge in [-0.1, -0.05) is 20.8 Å². The smallest absolute Gasteiger partial charge is 0.191 e. The number of hydrogen-bond acceptors (Lipinski definition) is 4. The van der Waals surface area contributed by atoms with E-state index in [4.69, 9.17) is 0 Å². The highest BCUT2D eigenvalue weighted by Gasteiger charge is 2.03. The highest BCUT2D eigenvalue weighted by molar-refractivity contribution is 5.79. The number of likely N-dealkylation sites (N-methyl/N-ethyl adjacent to an activating group) is 1. The van der Waals surface area contributed by atoms with E-state index in [0.717, 1.165) is 64.0 Å². The number of aliphatic imine (C=N–C) groups is 1. The predicted octanol–water partition coefficient (Wildman–Crippen LogP) is 1.13. The molecule has 0 fully saturated rings. The van der Waals surface area contributed by atoms with Gasteiger partial charge in [-0.3, -0.25) is 4.99 Å². The van der Waals surface area contributed by atoms with E-state index in [1.165, 1.54) is 6.42 Å². The standard InChI is InChI=1S/C16H33N7/c1-5-11-22(8-4)12-9-18-16(17-7-3)19-10-13-23-14-20-21-15(23)6-2/h14H,5-13H2,1-4H3,(H2,17,18,19). The molecule has 0 aliphatic carbocycles. The first-order valence-corrected chi connectivity index (χ1v) is 8.86. The van der Waals surface area contributed by atoms with Crippen molar-refractivity contribution in [3.05, 3.63) is 12.2 Å². The number of aromatic nitrogens is 3. The minimum atomic E-state index is 0.809. The Kier molecular flexibility index (Phi) is 10.0. The number of nitrogens with one attached hydrogen (secondary N) is 2. The van der Waals surface area contributed by atoms with Gasteiger partial charge in [0.25, 0.3) is 0 Å². The molecule has 0 aromatic carbocycles. The zero-order valence-corrected chi connectivity index (χ0v) is 15.2. The summed E-state index contributed by atoms with van der Waals surface area (Å²) < 4.78 is 2.08. The fraction of sp³-hybridized carbons (Fsp3) is 0.812. The molecule has 0 radical (unpaired) electrons. The first kappa shape index (κ1) is 19.4. The lowest BCUT2D eigenvalue weighted by molar-refractivity contribution is 0.297. The summed E-state index contributed by atoms with van der Waals surface area (Å²) in [5.74, 6) is 1.90. The Bertz CT molecular complexity index is 441. The number of hydrogen-bond donors (Lipinski definition) is 2. The second-order valence-electron chi connectivity index (χ2n) is 5.42. The molecule has 0 saturated carbocycles. The van der Waals surface area contributed by atoms with E-state index < -0.39 is 0 Å². The zero-order valence-electron chi connectivity index (χ0n) is 15.2. The van der Waals surface area contributed by atoms with Crippen molar-refractivity contribution in [3.8, 4) is 0 Å². The van der Waals surface area contributed by atoms with Gasteiger partial charge in [0.15, 0.2) is 5.96 Å². The number of rotatable bonds is 11. The highest BCUT2D eigenvalue weighted by atomic mass is 15.3. The molecule has 0 unspecified atom stereocenters. The molecule has 1 aromatic rings. The minimum absolute atomic E-state index is 0.809. The number of aryl methyl sites for hydroxylation is 1. The lowest BCUT2D eigenvalue weighted by atomic mass is 10.4. The maximum atomic E-state index is 4.66. The summed E-state index contributed by atoms with van der Waals surface area (Å²) in [5.41, 5.74) is 0. The molecule has 0 aliphatic heterocycles. The van der Waals surface area contributed by atoms with Crippen molar-refractivity contribution < 1.29 is 0 Å². The summed E-state index contributed by atoms with van der Waals surface area (Å²) in [6, 6.07) is 0. The summed E-state index contributed by atoms with van der Waals surface area (Å²) in [6.07, 6.45) is 3.88. The van der Waals surface area contributed by atoms with Gasteiger partial charge in [-0.25, -0.2) is 0 Å². The van der Waals surface area contributed by atoms with E-state index >= 15 is 0 Å². The van der Waals surface area contributed by atoms with Gasteiger partial charge in [0.1, 0.15) is 12.2 Å². The van der Waals surface area contributed by atoms with Crippen molar-refractivity contribution in [2.24, 2.45) is 4.99 Å². The minimum Gasteiger partial charge on any atom is -0.357 e. The second-order valence-corrected chi connectivity index (χ2v) is 5.42. The van der Waals surface area contributed by atoms with E-state index in [0.29, 0.717) is 0 Å². The van der Waals surface area contributed by atoms with Gasteiger partial charge < -0.3 is 20.1 Å². The average molecular weight is 323 g/mol. The van der Waals surface area contributed by atoms with E-state index in [1.54, 1.807) is 6.33 Å². The molecule has 0 saturated heterocycles. The van der Waals surface area contributed by atoms with Gasteiger partial charge in [-0.05, 0) is 26.4 Å². The third-order valence-corrected chi connectivity index (χ3v) is 3.67. The Balaban J connectivity index is 2.39. The van der Waals surface area contributed by atoms with Crippen LogP contribution in [0, 0.1) is 0 Å². The van der Waals surface area contributed by atoms with E-state index in [2.05, 4.69) is 63.0 Å². The molecule has 0 atom stereocenters. The van der Waals surface area contributed by atoms with Crippen molar-refractivity contribution in [2.75, 3.05) is 39.3 Å². The Morgan fingerprint density at radius 2 is 2.04 bits per heavy atom. The van der Waals surface area contributed by atoms with Gasteiger partial charge in [0.2, 0.25) is 0 Å². The first-order chi connectivity index (χ1) is 11.2. The van der Waals surface area contributed by atoms with Gasteiger partial charge in [0.05, 0.1) is 6.54 Å². The number of guanidine groups is 1. The summed E-state index contributed by atoms with van der Waals surface area (Å²) in [5, 5.41) is 14.7. The van der Waals surface area contributed by atoms with Crippen LogP contribution in [0.15, 0.2) is 11.3 Å². The predicted molar refractivity (Wildman–Crippen MR) is 95.8 cm³/mol. The molecule has 0 amide bonds. The van der Waals surface area contributed by atoms with Crippen LogP contribution in [0.5, 0.6) is 0 Å². The van der Waals surface area contributed by atoms with Crippen molar-refractivity contribution in [1.82, 2.24) is 30.3 Å². The largest absolute Gasteiger partial charge is 0.357 e. The maximum absolute atomic E-state index is 4.66. The molecule has 1 heterocycles.